The van der Waals surface area contributed by atoms with E-state index in [4.69, 9.17) is 4.74 Å². The van der Waals surface area contributed by atoms with Crippen LogP contribution in [0.1, 0.15) is 23.8 Å². The standard InChI is InChI=1S/C11H16N2O3/c1-2-16-8-4-7-13-11(15)10-9(14)5-3-6-12-10/h3,5-6,14H,2,4,7-8H2,1H3,(H,13,15). The van der Waals surface area contributed by atoms with Crippen molar-refractivity contribution >= 4 is 5.91 Å². The SMILES string of the molecule is CCOCCCNC(=O)c1ncccc1O. The number of nitrogens with one attached hydrogen (secondary N) is 1. The molecule has 88 valence electrons. The number of rotatable bonds is 6. The number of carbonyl (C=O) groups excluding carboxylic acids is 1. The molecule has 0 unspecified atom stereocenters. The summed E-state index contributed by atoms with van der Waals surface area (Å²) in [6.07, 6.45) is 2.21. The van der Waals surface area contributed by atoms with E-state index in [1.165, 1.54) is 12.3 Å². The molecule has 5 nitrogen and oxygen atoms in total. The van der Waals surface area contributed by atoms with Gasteiger partial charge in [0, 0.05) is 26.0 Å². The van der Waals surface area contributed by atoms with Gasteiger partial charge in [0.1, 0.15) is 5.75 Å². The van der Waals surface area contributed by atoms with Gasteiger partial charge in [0.25, 0.3) is 5.91 Å². The third kappa shape index (κ3) is 3.86. The number of nitrogens with zero attached hydrogens (tertiary/aromatic N) is 1. The maximum absolute atomic E-state index is 11.5. The monoisotopic (exact) mass is 224 g/mol. The van der Waals surface area contributed by atoms with Crippen molar-refractivity contribution in [1.82, 2.24) is 10.3 Å². The fraction of sp³-hybridized carbons (Fsp3) is 0.455. The number of aromatic nitrogens is 1. The minimum atomic E-state index is -0.366. The van der Waals surface area contributed by atoms with Gasteiger partial charge in [-0.25, -0.2) is 4.98 Å². The summed E-state index contributed by atoms with van der Waals surface area (Å²) in [7, 11) is 0. The van der Waals surface area contributed by atoms with E-state index >= 15 is 0 Å². The fourth-order valence-corrected chi connectivity index (χ4v) is 1.18. The van der Waals surface area contributed by atoms with Gasteiger partial charge in [-0.15, -0.1) is 0 Å². The van der Waals surface area contributed by atoms with Gasteiger partial charge in [-0.1, -0.05) is 0 Å². The molecule has 0 atom stereocenters. The quantitative estimate of drug-likeness (QED) is 0.705. The van der Waals surface area contributed by atoms with E-state index in [1.54, 1.807) is 6.07 Å². The highest BCUT2D eigenvalue weighted by Crippen LogP contribution is 2.11. The molecule has 5 heteroatoms. The van der Waals surface area contributed by atoms with Crippen LogP contribution in [-0.4, -0.2) is 35.8 Å². The fourth-order valence-electron chi connectivity index (χ4n) is 1.18. The van der Waals surface area contributed by atoms with Crippen molar-refractivity contribution in [2.24, 2.45) is 0 Å². The highest BCUT2D eigenvalue weighted by Gasteiger charge is 2.10. The van der Waals surface area contributed by atoms with E-state index in [0.717, 1.165) is 6.42 Å². The van der Waals surface area contributed by atoms with Crippen molar-refractivity contribution in [2.75, 3.05) is 19.8 Å². The van der Waals surface area contributed by atoms with Crippen LogP contribution in [0.3, 0.4) is 0 Å². The second kappa shape index (κ2) is 6.79. The van der Waals surface area contributed by atoms with Crippen molar-refractivity contribution in [3.63, 3.8) is 0 Å². The van der Waals surface area contributed by atoms with Crippen LogP contribution in [0.5, 0.6) is 5.75 Å². The number of amides is 1. The molecule has 0 fully saturated rings. The van der Waals surface area contributed by atoms with Crippen molar-refractivity contribution in [3.05, 3.63) is 24.0 Å². The van der Waals surface area contributed by atoms with Gasteiger partial charge >= 0.3 is 0 Å². The third-order valence-corrected chi connectivity index (χ3v) is 1.96. The Hall–Kier alpha value is -1.62. The Morgan fingerprint density at radius 3 is 3.12 bits per heavy atom. The Morgan fingerprint density at radius 1 is 1.62 bits per heavy atom. The third-order valence-electron chi connectivity index (χ3n) is 1.96. The van der Waals surface area contributed by atoms with Gasteiger partial charge in [0.05, 0.1) is 0 Å². The molecule has 1 amide bonds. The minimum absolute atomic E-state index is 0.0545. The lowest BCUT2D eigenvalue weighted by molar-refractivity contribution is 0.0936. The topological polar surface area (TPSA) is 71.5 Å². The van der Waals surface area contributed by atoms with E-state index in [9.17, 15) is 9.90 Å². The molecular formula is C11H16N2O3. The smallest absolute Gasteiger partial charge is 0.273 e. The molecule has 0 bridgehead atoms. The Bertz CT molecular complexity index is 342. The van der Waals surface area contributed by atoms with E-state index in [2.05, 4.69) is 10.3 Å². The molecule has 2 N–H and O–H groups in total. The Balaban J connectivity index is 2.33. The summed E-state index contributed by atoms with van der Waals surface area (Å²) in [4.78, 5) is 15.3. The largest absolute Gasteiger partial charge is 0.505 e. The second-order valence-electron chi connectivity index (χ2n) is 3.18. The summed E-state index contributed by atoms with van der Waals surface area (Å²) >= 11 is 0. The number of aromatic hydroxyl groups is 1. The lowest BCUT2D eigenvalue weighted by Gasteiger charge is -2.05. The predicted octanol–water partition coefficient (Wildman–Crippen LogP) is 0.944. The lowest BCUT2D eigenvalue weighted by Crippen LogP contribution is -2.26. The van der Waals surface area contributed by atoms with Crippen LogP contribution in [0.25, 0.3) is 0 Å². The second-order valence-corrected chi connectivity index (χ2v) is 3.18. The van der Waals surface area contributed by atoms with Crippen molar-refractivity contribution in [1.29, 1.82) is 0 Å². The Kier molecular flexibility index (Phi) is 5.28. The molecule has 0 spiro atoms. The van der Waals surface area contributed by atoms with Gasteiger partial charge in [0.2, 0.25) is 0 Å². The van der Waals surface area contributed by atoms with E-state index in [0.29, 0.717) is 19.8 Å². The highest BCUT2D eigenvalue weighted by molar-refractivity contribution is 5.94. The molecule has 1 heterocycles. The molecule has 1 rings (SSSR count). The summed E-state index contributed by atoms with van der Waals surface area (Å²) in [6, 6.07) is 3.00. The lowest BCUT2D eigenvalue weighted by atomic mass is 10.3. The Labute approximate surface area is 94.5 Å². The van der Waals surface area contributed by atoms with E-state index in [-0.39, 0.29) is 17.4 Å². The summed E-state index contributed by atoms with van der Waals surface area (Å²) in [6.45, 7) is 3.72. The number of hydrogen-bond donors (Lipinski definition) is 2. The van der Waals surface area contributed by atoms with Gasteiger partial charge in [-0.05, 0) is 25.5 Å². The van der Waals surface area contributed by atoms with Gasteiger partial charge < -0.3 is 15.2 Å². The molecule has 16 heavy (non-hydrogen) atoms. The molecule has 1 aromatic rings. The van der Waals surface area contributed by atoms with Crippen LogP contribution in [0.2, 0.25) is 0 Å². The number of pyridine rings is 1. The first-order valence-corrected chi connectivity index (χ1v) is 5.25. The average Bonchev–Trinajstić information content (AvgIpc) is 2.29. The molecule has 0 saturated heterocycles. The molecule has 0 aliphatic rings. The summed E-state index contributed by atoms with van der Waals surface area (Å²) < 4.78 is 5.13. The van der Waals surface area contributed by atoms with Crippen LogP contribution in [0, 0.1) is 0 Å². The van der Waals surface area contributed by atoms with Gasteiger partial charge in [-0.2, -0.15) is 0 Å². The van der Waals surface area contributed by atoms with Crippen molar-refractivity contribution < 1.29 is 14.6 Å². The van der Waals surface area contributed by atoms with Gasteiger partial charge in [-0.3, -0.25) is 4.79 Å². The number of hydrogen-bond acceptors (Lipinski definition) is 4. The molecule has 0 saturated carbocycles. The molecule has 0 aromatic carbocycles. The first-order chi connectivity index (χ1) is 7.75. The maximum Gasteiger partial charge on any atom is 0.273 e. The summed E-state index contributed by atoms with van der Waals surface area (Å²) in [5.74, 6) is -0.473. The number of carbonyl (C=O) groups is 1. The molecule has 0 aliphatic carbocycles. The predicted molar refractivity (Wildman–Crippen MR) is 59.3 cm³/mol. The van der Waals surface area contributed by atoms with Crippen LogP contribution < -0.4 is 5.32 Å². The van der Waals surface area contributed by atoms with Crippen LogP contribution in [0.15, 0.2) is 18.3 Å². The minimum Gasteiger partial charge on any atom is -0.505 e. The summed E-state index contributed by atoms with van der Waals surface area (Å²) in [5, 5.41) is 12.0. The first kappa shape index (κ1) is 12.4. The normalized spacial score (nSPS) is 10.1. The van der Waals surface area contributed by atoms with Crippen LogP contribution >= 0.6 is 0 Å². The van der Waals surface area contributed by atoms with Crippen LogP contribution in [-0.2, 0) is 4.74 Å². The molecule has 1 aromatic heterocycles. The zero-order valence-corrected chi connectivity index (χ0v) is 9.27. The summed E-state index contributed by atoms with van der Waals surface area (Å²) in [5.41, 5.74) is 0.0545. The first-order valence-electron chi connectivity index (χ1n) is 5.25. The van der Waals surface area contributed by atoms with Gasteiger partial charge in [0.15, 0.2) is 5.69 Å². The molecule has 0 radical (unpaired) electrons. The Morgan fingerprint density at radius 2 is 2.44 bits per heavy atom. The maximum atomic E-state index is 11.5. The zero-order valence-electron chi connectivity index (χ0n) is 9.27. The molecular weight excluding hydrogens is 208 g/mol. The van der Waals surface area contributed by atoms with Crippen LogP contribution in [0.4, 0.5) is 0 Å². The number of ether oxygens (including phenoxy) is 1. The van der Waals surface area contributed by atoms with E-state index in [1.807, 2.05) is 6.92 Å². The highest BCUT2D eigenvalue weighted by atomic mass is 16.5. The van der Waals surface area contributed by atoms with Crippen molar-refractivity contribution in [2.45, 2.75) is 13.3 Å². The van der Waals surface area contributed by atoms with E-state index < -0.39 is 0 Å². The average molecular weight is 224 g/mol. The molecule has 0 aliphatic heterocycles. The van der Waals surface area contributed by atoms with Crippen molar-refractivity contribution in [3.8, 4) is 5.75 Å². The zero-order chi connectivity index (χ0) is 11.8.